The summed E-state index contributed by atoms with van der Waals surface area (Å²) in [6.07, 6.45) is 2.18. The van der Waals surface area contributed by atoms with E-state index in [1.807, 2.05) is 12.1 Å². The third kappa shape index (κ3) is 4.57. The summed E-state index contributed by atoms with van der Waals surface area (Å²) in [5, 5.41) is 4.11. The van der Waals surface area contributed by atoms with Gasteiger partial charge in [-0.05, 0) is 49.6 Å². The number of hydrogen-bond acceptors (Lipinski definition) is 2. The number of rotatable bonds is 6. The maximum atomic E-state index is 6.12. The molecule has 0 fully saturated rings. The van der Waals surface area contributed by atoms with Gasteiger partial charge in [-0.25, -0.2) is 0 Å². The molecule has 1 aromatic rings. The minimum absolute atomic E-state index is 0.551. The van der Waals surface area contributed by atoms with E-state index in [0.29, 0.717) is 11.1 Å². The molecule has 0 bridgehead atoms. The molecule has 0 unspecified atom stereocenters. The Balaban J connectivity index is 2.56. The summed E-state index contributed by atoms with van der Waals surface area (Å²) in [5.74, 6) is 0.758. The summed E-state index contributed by atoms with van der Waals surface area (Å²) in [7, 11) is 1.65. The number of aryl methyl sites for hydroxylation is 2. The standard InChI is InChI=1S/C14H22ClNO/c1-10(2)16-7-5-6-12-9-13(15)14(17-4)8-11(12)3/h8-10,16H,5-7H2,1-4H3. The van der Waals surface area contributed by atoms with E-state index in [1.165, 1.54) is 11.1 Å². The molecular formula is C14H22ClNO. The quantitative estimate of drug-likeness (QED) is 0.785. The first-order valence-electron chi connectivity index (χ1n) is 6.11. The van der Waals surface area contributed by atoms with Crippen molar-refractivity contribution < 1.29 is 4.74 Å². The number of benzene rings is 1. The molecule has 0 atom stereocenters. The zero-order valence-electron chi connectivity index (χ0n) is 11.1. The number of methoxy groups -OCH3 is 1. The predicted molar refractivity (Wildman–Crippen MR) is 74.2 cm³/mol. The van der Waals surface area contributed by atoms with E-state index < -0.39 is 0 Å². The summed E-state index contributed by atoms with van der Waals surface area (Å²) in [5.41, 5.74) is 2.55. The number of ether oxygens (including phenoxy) is 1. The molecule has 0 aliphatic carbocycles. The summed E-state index contributed by atoms with van der Waals surface area (Å²) < 4.78 is 5.19. The maximum Gasteiger partial charge on any atom is 0.137 e. The van der Waals surface area contributed by atoms with E-state index in [0.717, 1.165) is 25.1 Å². The average molecular weight is 256 g/mol. The molecule has 0 saturated heterocycles. The van der Waals surface area contributed by atoms with Crippen LogP contribution >= 0.6 is 11.6 Å². The first-order valence-corrected chi connectivity index (χ1v) is 6.48. The van der Waals surface area contributed by atoms with Crippen LogP contribution in [0.3, 0.4) is 0 Å². The van der Waals surface area contributed by atoms with Crippen molar-refractivity contribution in [3.63, 3.8) is 0 Å². The predicted octanol–water partition coefficient (Wildman–Crippen LogP) is 3.59. The molecule has 1 N–H and O–H groups in total. The smallest absolute Gasteiger partial charge is 0.137 e. The monoisotopic (exact) mass is 255 g/mol. The lowest BCUT2D eigenvalue weighted by Crippen LogP contribution is -2.23. The van der Waals surface area contributed by atoms with Gasteiger partial charge < -0.3 is 10.1 Å². The molecule has 0 saturated carbocycles. The van der Waals surface area contributed by atoms with Crippen molar-refractivity contribution in [2.75, 3.05) is 13.7 Å². The normalized spacial score (nSPS) is 10.9. The molecule has 17 heavy (non-hydrogen) atoms. The molecule has 0 aliphatic heterocycles. The van der Waals surface area contributed by atoms with Gasteiger partial charge in [0, 0.05) is 6.04 Å². The van der Waals surface area contributed by atoms with Crippen molar-refractivity contribution >= 4 is 11.6 Å². The van der Waals surface area contributed by atoms with E-state index >= 15 is 0 Å². The molecule has 3 heteroatoms. The number of halogens is 1. The van der Waals surface area contributed by atoms with Gasteiger partial charge in [0.25, 0.3) is 0 Å². The van der Waals surface area contributed by atoms with E-state index in [2.05, 4.69) is 26.1 Å². The Morgan fingerprint density at radius 1 is 1.35 bits per heavy atom. The largest absolute Gasteiger partial charge is 0.495 e. The van der Waals surface area contributed by atoms with Crippen molar-refractivity contribution in [2.45, 2.75) is 39.7 Å². The van der Waals surface area contributed by atoms with Crippen molar-refractivity contribution in [1.82, 2.24) is 5.32 Å². The molecule has 0 radical (unpaired) electrons. The third-order valence-corrected chi connectivity index (χ3v) is 3.08. The average Bonchev–Trinajstić information content (AvgIpc) is 2.28. The molecule has 0 amide bonds. The van der Waals surface area contributed by atoms with Crippen LogP contribution in [0.5, 0.6) is 5.75 Å². The molecule has 0 spiro atoms. The van der Waals surface area contributed by atoms with Crippen LogP contribution in [0.4, 0.5) is 0 Å². The molecule has 1 aromatic carbocycles. The molecule has 96 valence electrons. The second-order valence-corrected chi connectivity index (χ2v) is 5.03. The highest BCUT2D eigenvalue weighted by atomic mass is 35.5. The van der Waals surface area contributed by atoms with E-state index in [-0.39, 0.29) is 0 Å². The van der Waals surface area contributed by atoms with Crippen molar-refractivity contribution in [1.29, 1.82) is 0 Å². The molecule has 1 rings (SSSR count). The van der Waals surface area contributed by atoms with E-state index in [9.17, 15) is 0 Å². The lowest BCUT2D eigenvalue weighted by atomic mass is 10.0. The minimum atomic E-state index is 0.551. The van der Waals surface area contributed by atoms with Crippen LogP contribution in [-0.2, 0) is 6.42 Å². The van der Waals surface area contributed by atoms with Gasteiger partial charge in [-0.2, -0.15) is 0 Å². The second kappa shape index (κ2) is 6.87. The lowest BCUT2D eigenvalue weighted by Gasteiger charge is -2.11. The summed E-state index contributed by atoms with van der Waals surface area (Å²) >= 11 is 6.12. The van der Waals surface area contributed by atoms with Crippen LogP contribution in [-0.4, -0.2) is 19.7 Å². The highest BCUT2D eigenvalue weighted by molar-refractivity contribution is 6.32. The molecule has 2 nitrogen and oxygen atoms in total. The van der Waals surface area contributed by atoms with Crippen LogP contribution in [0.2, 0.25) is 5.02 Å². The Kier molecular flexibility index (Phi) is 5.79. The summed E-state index contributed by atoms with van der Waals surface area (Å²) in [4.78, 5) is 0. The van der Waals surface area contributed by atoms with Gasteiger partial charge in [-0.1, -0.05) is 25.4 Å². The Labute approximate surface area is 109 Å². The van der Waals surface area contributed by atoms with Gasteiger partial charge in [-0.15, -0.1) is 0 Å². The first kappa shape index (κ1) is 14.3. The fourth-order valence-electron chi connectivity index (χ4n) is 1.79. The van der Waals surface area contributed by atoms with Crippen LogP contribution in [0.1, 0.15) is 31.4 Å². The Bertz CT molecular complexity index is 363. The van der Waals surface area contributed by atoms with Crippen LogP contribution in [0.15, 0.2) is 12.1 Å². The Morgan fingerprint density at radius 2 is 2.06 bits per heavy atom. The third-order valence-electron chi connectivity index (χ3n) is 2.79. The number of hydrogen-bond donors (Lipinski definition) is 1. The lowest BCUT2D eigenvalue weighted by molar-refractivity contribution is 0.414. The van der Waals surface area contributed by atoms with Gasteiger partial charge >= 0.3 is 0 Å². The van der Waals surface area contributed by atoms with E-state index in [1.54, 1.807) is 7.11 Å². The van der Waals surface area contributed by atoms with Crippen molar-refractivity contribution in [3.8, 4) is 5.75 Å². The topological polar surface area (TPSA) is 21.3 Å². The Hall–Kier alpha value is -0.730. The SMILES string of the molecule is COc1cc(C)c(CCCNC(C)C)cc1Cl. The minimum Gasteiger partial charge on any atom is -0.495 e. The van der Waals surface area contributed by atoms with Crippen LogP contribution < -0.4 is 10.1 Å². The summed E-state index contributed by atoms with van der Waals surface area (Å²) in [6.45, 7) is 7.47. The highest BCUT2D eigenvalue weighted by Gasteiger charge is 2.06. The summed E-state index contributed by atoms with van der Waals surface area (Å²) in [6, 6.07) is 4.58. The number of nitrogens with one attached hydrogen (secondary N) is 1. The first-order chi connectivity index (χ1) is 8.04. The second-order valence-electron chi connectivity index (χ2n) is 4.63. The van der Waals surface area contributed by atoms with Crippen molar-refractivity contribution in [2.24, 2.45) is 0 Å². The zero-order chi connectivity index (χ0) is 12.8. The maximum absolute atomic E-state index is 6.12. The van der Waals surface area contributed by atoms with Gasteiger partial charge in [0.1, 0.15) is 5.75 Å². The van der Waals surface area contributed by atoms with Gasteiger partial charge in [-0.3, -0.25) is 0 Å². The van der Waals surface area contributed by atoms with Crippen LogP contribution in [0.25, 0.3) is 0 Å². The zero-order valence-corrected chi connectivity index (χ0v) is 11.9. The molecule has 0 aromatic heterocycles. The van der Waals surface area contributed by atoms with Gasteiger partial charge in [0.2, 0.25) is 0 Å². The highest BCUT2D eigenvalue weighted by Crippen LogP contribution is 2.28. The van der Waals surface area contributed by atoms with Crippen LogP contribution in [0, 0.1) is 6.92 Å². The Morgan fingerprint density at radius 3 is 2.65 bits per heavy atom. The molecular weight excluding hydrogens is 234 g/mol. The molecule has 0 aliphatic rings. The fraction of sp³-hybridized carbons (Fsp3) is 0.571. The van der Waals surface area contributed by atoms with E-state index in [4.69, 9.17) is 16.3 Å². The van der Waals surface area contributed by atoms with Gasteiger partial charge in [0.15, 0.2) is 0 Å². The fourth-order valence-corrected chi connectivity index (χ4v) is 2.05. The molecule has 0 heterocycles. The van der Waals surface area contributed by atoms with Gasteiger partial charge in [0.05, 0.1) is 12.1 Å². The van der Waals surface area contributed by atoms with Crippen molar-refractivity contribution in [3.05, 3.63) is 28.3 Å².